The molecule has 90 valence electrons. The molecule has 2 rings (SSSR count). The summed E-state index contributed by atoms with van der Waals surface area (Å²) in [6, 6.07) is 10.8. The van der Waals surface area contributed by atoms with Gasteiger partial charge in [-0.05, 0) is 36.4 Å². The van der Waals surface area contributed by atoms with Gasteiger partial charge in [0.25, 0.3) is 0 Å². The van der Waals surface area contributed by atoms with Crippen molar-refractivity contribution in [1.29, 1.82) is 5.26 Å². The van der Waals surface area contributed by atoms with Crippen LogP contribution in [0.25, 0.3) is 0 Å². The first-order chi connectivity index (χ1) is 8.58. The summed E-state index contributed by atoms with van der Waals surface area (Å²) in [5.74, 6) is -0.489. The summed E-state index contributed by atoms with van der Waals surface area (Å²) in [6.07, 6.45) is 0. The van der Waals surface area contributed by atoms with Crippen molar-refractivity contribution in [2.24, 2.45) is 0 Å². The molecular formula is C13H9ClFN3. The zero-order chi connectivity index (χ0) is 13.1. The average Bonchev–Trinajstić information content (AvgIpc) is 2.33. The molecule has 3 nitrogen and oxygen atoms in total. The second-order valence-corrected chi connectivity index (χ2v) is 4.11. The van der Waals surface area contributed by atoms with E-state index in [9.17, 15) is 4.39 Å². The van der Waals surface area contributed by atoms with Gasteiger partial charge in [0.05, 0.1) is 22.3 Å². The van der Waals surface area contributed by atoms with Crippen LogP contribution in [0.1, 0.15) is 5.56 Å². The molecule has 18 heavy (non-hydrogen) atoms. The molecule has 0 aliphatic carbocycles. The zero-order valence-electron chi connectivity index (χ0n) is 9.24. The molecule has 0 aromatic heterocycles. The van der Waals surface area contributed by atoms with E-state index < -0.39 is 5.82 Å². The molecule has 0 atom stereocenters. The zero-order valence-corrected chi connectivity index (χ0v) is 10.0. The van der Waals surface area contributed by atoms with Crippen LogP contribution in [0, 0.1) is 17.1 Å². The first-order valence-electron chi connectivity index (χ1n) is 5.11. The van der Waals surface area contributed by atoms with Crippen molar-refractivity contribution in [1.82, 2.24) is 0 Å². The third-order valence-electron chi connectivity index (χ3n) is 2.30. The summed E-state index contributed by atoms with van der Waals surface area (Å²) < 4.78 is 13.2. The number of anilines is 3. The minimum absolute atomic E-state index is 0.234. The maximum absolute atomic E-state index is 13.2. The van der Waals surface area contributed by atoms with Crippen LogP contribution in [0.5, 0.6) is 0 Å². The number of nitriles is 1. The van der Waals surface area contributed by atoms with E-state index >= 15 is 0 Å². The quantitative estimate of drug-likeness (QED) is 0.811. The van der Waals surface area contributed by atoms with E-state index in [1.54, 1.807) is 18.2 Å². The molecule has 0 aliphatic rings. The van der Waals surface area contributed by atoms with E-state index in [2.05, 4.69) is 5.32 Å². The summed E-state index contributed by atoms with van der Waals surface area (Å²) in [5.41, 5.74) is 7.42. The Morgan fingerprint density at radius 1 is 1.22 bits per heavy atom. The predicted molar refractivity (Wildman–Crippen MR) is 70.3 cm³/mol. The van der Waals surface area contributed by atoms with Crippen molar-refractivity contribution in [3.8, 4) is 6.07 Å². The van der Waals surface area contributed by atoms with Gasteiger partial charge in [-0.2, -0.15) is 5.26 Å². The second-order valence-electron chi connectivity index (χ2n) is 3.70. The second kappa shape index (κ2) is 4.94. The average molecular weight is 262 g/mol. The Labute approximate surface area is 109 Å². The Morgan fingerprint density at radius 2 is 2.00 bits per heavy atom. The third kappa shape index (κ3) is 2.70. The fourth-order valence-electron chi connectivity index (χ4n) is 1.52. The summed E-state index contributed by atoms with van der Waals surface area (Å²) >= 11 is 5.98. The molecule has 0 spiro atoms. The van der Waals surface area contributed by atoms with Gasteiger partial charge >= 0.3 is 0 Å². The Bertz CT molecular complexity index is 635. The maximum Gasteiger partial charge on any atom is 0.126 e. The van der Waals surface area contributed by atoms with Crippen LogP contribution in [0.4, 0.5) is 21.5 Å². The Kier molecular flexibility index (Phi) is 3.35. The number of nitrogens with one attached hydrogen (secondary N) is 1. The van der Waals surface area contributed by atoms with Gasteiger partial charge in [0.1, 0.15) is 5.82 Å². The van der Waals surface area contributed by atoms with Crippen molar-refractivity contribution in [2.75, 3.05) is 11.1 Å². The lowest BCUT2D eigenvalue weighted by Gasteiger charge is -2.09. The molecule has 0 saturated carbocycles. The number of benzene rings is 2. The fourth-order valence-corrected chi connectivity index (χ4v) is 1.69. The summed E-state index contributed by atoms with van der Waals surface area (Å²) in [6.45, 7) is 0. The van der Waals surface area contributed by atoms with E-state index in [0.29, 0.717) is 22.1 Å². The van der Waals surface area contributed by atoms with E-state index in [4.69, 9.17) is 22.6 Å². The largest absolute Gasteiger partial charge is 0.399 e. The highest BCUT2D eigenvalue weighted by molar-refractivity contribution is 6.33. The summed E-state index contributed by atoms with van der Waals surface area (Å²) in [5, 5.41) is 12.2. The molecular weight excluding hydrogens is 253 g/mol. The molecule has 0 heterocycles. The smallest absolute Gasteiger partial charge is 0.126 e. The standard InChI is InChI=1S/C13H9ClFN3/c14-12-2-1-10(17)6-13(12)18-11-4-8(7-16)3-9(15)5-11/h1-6,18H,17H2. The van der Waals surface area contributed by atoms with Gasteiger partial charge < -0.3 is 11.1 Å². The van der Waals surface area contributed by atoms with E-state index in [0.717, 1.165) is 6.07 Å². The molecule has 0 aliphatic heterocycles. The van der Waals surface area contributed by atoms with Gasteiger partial charge in [0.15, 0.2) is 0 Å². The van der Waals surface area contributed by atoms with Gasteiger partial charge in [-0.1, -0.05) is 11.6 Å². The van der Waals surface area contributed by atoms with Gasteiger partial charge in [0, 0.05) is 11.4 Å². The normalized spacial score (nSPS) is 9.83. The molecule has 0 bridgehead atoms. The third-order valence-corrected chi connectivity index (χ3v) is 2.63. The highest BCUT2D eigenvalue weighted by Crippen LogP contribution is 2.28. The number of rotatable bonds is 2. The number of nitrogens with zero attached hydrogens (tertiary/aromatic N) is 1. The fraction of sp³-hybridized carbons (Fsp3) is 0. The predicted octanol–water partition coefficient (Wildman–Crippen LogP) is 3.68. The highest BCUT2D eigenvalue weighted by atomic mass is 35.5. The number of hydrogen-bond acceptors (Lipinski definition) is 3. The van der Waals surface area contributed by atoms with Crippen LogP contribution in [-0.4, -0.2) is 0 Å². The molecule has 2 aromatic carbocycles. The Balaban J connectivity index is 2.37. The van der Waals surface area contributed by atoms with E-state index in [-0.39, 0.29) is 5.56 Å². The van der Waals surface area contributed by atoms with Gasteiger partial charge in [-0.25, -0.2) is 4.39 Å². The van der Waals surface area contributed by atoms with Gasteiger partial charge in [0.2, 0.25) is 0 Å². The summed E-state index contributed by atoms with van der Waals surface area (Å²) in [4.78, 5) is 0. The van der Waals surface area contributed by atoms with E-state index in [1.807, 2.05) is 6.07 Å². The first kappa shape index (κ1) is 12.2. The monoisotopic (exact) mass is 261 g/mol. The number of nitrogen functional groups attached to an aromatic ring is 1. The lowest BCUT2D eigenvalue weighted by atomic mass is 10.2. The number of halogens is 2. The number of nitrogens with two attached hydrogens (primary N) is 1. The van der Waals surface area contributed by atoms with Crippen molar-refractivity contribution < 1.29 is 4.39 Å². The van der Waals surface area contributed by atoms with E-state index in [1.165, 1.54) is 12.1 Å². The van der Waals surface area contributed by atoms with Crippen molar-refractivity contribution in [2.45, 2.75) is 0 Å². The van der Waals surface area contributed by atoms with Crippen molar-refractivity contribution in [3.05, 3.63) is 52.8 Å². The first-order valence-corrected chi connectivity index (χ1v) is 5.49. The molecule has 5 heteroatoms. The van der Waals surface area contributed by atoms with Crippen LogP contribution in [0.3, 0.4) is 0 Å². The van der Waals surface area contributed by atoms with Crippen molar-refractivity contribution >= 4 is 28.7 Å². The molecule has 0 radical (unpaired) electrons. The van der Waals surface area contributed by atoms with Gasteiger partial charge in [-0.15, -0.1) is 0 Å². The lowest BCUT2D eigenvalue weighted by molar-refractivity contribution is 0.628. The summed E-state index contributed by atoms with van der Waals surface area (Å²) in [7, 11) is 0. The Hall–Kier alpha value is -2.25. The molecule has 3 N–H and O–H groups in total. The van der Waals surface area contributed by atoms with Crippen LogP contribution >= 0.6 is 11.6 Å². The van der Waals surface area contributed by atoms with Crippen LogP contribution in [-0.2, 0) is 0 Å². The van der Waals surface area contributed by atoms with Crippen LogP contribution in [0.15, 0.2) is 36.4 Å². The van der Waals surface area contributed by atoms with Crippen LogP contribution < -0.4 is 11.1 Å². The minimum atomic E-state index is -0.489. The van der Waals surface area contributed by atoms with Crippen LogP contribution in [0.2, 0.25) is 5.02 Å². The van der Waals surface area contributed by atoms with Gasteiger partial charge in [-0.3, -0.25) is 0 Å². The molecule has 0 amide bonds. The maximum atomic E-state index is 13.2. The highest BCUT2D eigenvalue weighted by Gasteiger charge is 2.04. The molecule has 0 saturated heterocycles. The SMILES string of the molecule is N#Cc1cc(F)cc(Nc2cc(N)ccc2Cl)c1. The molecule has 0 unspecified atom stereocenters. The number of hydrogen-bond donors (Lipinski definition) is 2. The minimum Gasteiger partial charge on any atom is -0.399 e. The molecule has 2 aromatic rings. The lowest BCUT2D eigenvalue weighted by Crippen LogP contribution is -1.95. The molecule has 0 fully saturated rings. The Morgan fingerprint density at radius 3 is 2.72 bits per heavy atom. The van der Waals surface area contributed by atoms with Crippen molar-refractivity contribution in [3.63, 3.8) is 0 Å². The topological polar surface area (TPSA) is 61.8 Å².